The molecule has 0 atom stereocenters. The maximum absolute atomic E-state index is 8.63. The van der Waals surface area contributed by atoms with Crippen LogP contribution in [0.15, 0.2) is 91.0 Å². The lowest BCUT2D eigenvalue weighted by atomic mass is 10.3. The van der Waals surface area contributed by atoms with Crippen LogP contribution < -0.4 is 4.74 Å². The molecule has 0 aromatic heterocycles. The number of phenols is 2. The van der Waals surface area contributed by atoms with Gasteiger partial charge in [0.15, 0.2) is 0 Å². The third-order valence-electron chi connectivity index (χ3n) is 2.49. The first-order valence-electron chi connectivity index (χ1n) is 6.79. The van der Waals surface area contributed by atoms with Crippen molar-refractivity contribution in [1.82, 2.24) is 0 Å². The number of aromatic hydroxyl groups is 2. The van der Waals surface area contributed by atoms with E-state index in [1.165, 1.54) is 0 Å². The topological polar surface area (TPSA) is 49.7 Å². The fraction of sp³-hybridized carbons (Fsp3) is 0.0526. The summed E-state index contributed by atoms with van der Waals surface area (Å²) in [7, 11) is 1.66. The SMILES string of the molecule is COc1ccccc1.Oc1ccccc1.Oc1ccccc1. The Hall–Kier alpha value is -2.94. The zero-order valence-corrected chi connectivity index (χ0v) is 12.5. The molecule has 0 saturated carbocycles. The number of rotatable bonds is 1. The van der Waals surface area contributed by atoms with E-state index in [9.17, 15) is 0 Å². The van der Waals surface area contributed by atoms with Crippen LogP contribution in [0, 0.1) is 0 Å². The van der Waals surface area contributed by atoms with E-state index in [1.807, 2.05) is 42.5 Å². The molecule has 0 spiro atoms. The number of hydrogen-bond acceptors (Lipinski definition) is 3. The highest BCUT2D eigenvalue weighted by Crippen LogP contribution is 2.05. The molecule has 3 aromatic rings. The van der Waals surface area contributed by atoms with Gasteiger partial charge in [0.1, 0.15) is 17.2 Å². The summed E-state index contributed by atoms with van der Waals surface area (Å²) in [5.74, 6) is 1.55. The van der Waals surface area contributed by atoms with Gasteiger partial charge < -0.3 is 14.9 Å². The van der Waals surface area contributed by atoms with E-state index in [-0.39, 0.29) is 0 Å². The van der Waals surface area contributed by atoms with Gasteiger partial charge in [-0.15, -0.1) is 0 Å². The lowest BCUT2D eigenvalue weighted by Gasteiger charge is -1.93. The minimum Gasteiger partial charge on any atom is -0.508 e. The molecule has 0 fully saturated rings. The molecule has 2 N–H and O–H groups in total. The van der Waals surface area contributed by atoms with Crippen LogP contribution in [0.1, 0.15) is 0 Å². The van der Waals surface area contributed by atoms with Crippen molar-refractivity contribution < 1.29 is 14.9 Å². The molecular formula is C19H20O3. The molecule has 0 unspecified atom stereocenters. The van der Waals surface area contributed by atoms with Crippen LogP contribution in [0.2, 0.25) is 0 Å². The Balaban J connectivity index is 0.000000166. The molecule has 0 bridgehead atoms. The van der Waals surface area contributed by atoms with E-state index in [4.69, 9.17) is 14.9 Å². The van der Waals surface area contributed by atoms with Gasteiger partial charge in [0.05, 0.1) is 7.11 Å². The molecule has 3 nitrogen and oxygen atoms in total. The number of methoxy groups -OCH3 is 1. The predicted octanol–water partition coefficient (Wildman–Crippen LogP) is 4.48. The molecule has 3 rings (SSSR count). The zero-order valence-electron chi connectivity index (χ0n) is 12.5. The fourth-order valence-electron chi connectivity index (χ4n) is 1.41. The molecule has 0 amide bonds. The Labute approximate surface area is 131 Å². The smallest absolute Gasteiger partial charge is 0.118 e. The average Bonchev–Trinajstić information content (AvgIpc) is 2.58. The van der Waals surface area contributed by atoms with Gasteiger partial charge in [0.25, 0.3) is 0 Å². The molecule has 114 valence electrons. The van der Waals surface area contributed by atoms with Gasteiger partial charge in [0, 0.05) is 0 Å². The van der Waals surface area contributed by atoms with Crippen LogP contribution in [0.25, 0.3) is 0 Å². The Morgan fingerprint density at radius 3 is 1.05 bits per heavy atom. The monoisotopic (exact) mass is 296 g/mol. The summed E-state index contributed by atoms with van der Waals surface area (Å²) in [5, 5.41) is 17.3. The molecule has 3 aromatic carbocycles. The fourth-order valence-corrected chi connectivity index (χ4v) is 1.41. The third kappa shape index (κ3) is 8.27. The Kier molecular flexibility index (Phi) is 8.40. The Morgan fingerprint density at radius 2 is 0.864 bits per heavy atom. The van der Waals surface area contributed by atoms with E-state index < -0.39 is 0 Å². The summed E-state index contributed by atoms with van der Waals surface area (Å²) < 4.78 is 4.91. The van der Waals surface area contributed by atoms with E-state index >= 15 is 0 Å². The predicted molar refractivity (Wildman–Crippen MR) is 89.2 cm³/mol. The van der Waals surface area contributed by atoms with Crippen LogP contribution in [0.5, 0.6) is 17.2 Å². The van der Waals surface area contributed by atoms with Crippen molar-refractivity contribution in [3.8, 4) is 17.2 Å². The van der Waals surface area contributed by atoms with Crippen LogP contribution in [0.3, 0.4) is 0 Å². The highest BCUT2D eigenvalue weighted by Gasteiger charge is 1.80. The Morgan fingerprint density at radius 1 is 0.545 bits per heavy atom. The lowest BCUT2D eigenvalue weighted by molar-refractivity contribution is 0.415. The molecule has 22 heavy (non-hydrogen) atoms. The number of para-hydroxylation sites is 3. The Bertz CT molecular complexity index is 558. The van der Waals surface area contributed by atoms with Crippen LogP contribution >= 0.6 is 0 Å². The van der Waals surface area contributed by atoms with Gasteiger partial charge in [-0.3, -0.25) is 0 Å². The lowest BCUT2D eigenvalue weighted by Crippen LogP contribution is -1.78. The first-order valence-corrected chi connectivity index (χ1v) is 6.79. The summed E-state index contributed by atoms with van der Waals surface area (Å²) in [4.78, 5) is 0. The standard InChI is InChI=1S/C7H8O.2C6H6O/c1-8-7-5-3-2-4-6-7;2*7-6-4-2-1-3-5-6/h2-6H,1H3;2*1-5,7H. The van der Waals surface area contributed by atoms with E-state index in [0.717, 1.165) is 5.75 Å². The van der Waals surface area contributed by atoms with Crippen molar-refractivity contribution in [3.05, 3.63) is 91.0 Å². The second kappa shape index (κ2) is 10.8. The molecule has 3 heteroatoms. The molecule has 0 saturated heterocycles. The van der Waals surface area contributed by atoms with Crippen LogP contribution in [0.4, 0.5) is 0 Å². The molecule has 0 aliphatic heterocycles. The number of phenolic OH excluding ortho intramolecular Hbond substituents is 2. The van der Waals surface area contributed by atoms with Gasteiger partial charge in [-0.2, -0.15) is 0 Å². The van der Waals surface area contributed by atoms with Gasteiger partial charge in [-0.25, -0.2) is 0 Å². The second-order valence-corrected chi connectivity index (χ2v) is 4.19. The molecular weight excluding hydrogens is 276 g/mol. The largest absolute Gasteiger partial charge is 0.508 e. The number of benzene rings is 3. The maximum Gasteiger partial charge on any atom is 0.118 e. The quantitative estimate of drug-likeness (QED) is 0.696. The molecule has 0 aliphatic rings. The van der Waals surface area contributed by atoms with Gasteiger partial charge in [-0.05, 0) is 36.4 Å². The van der Waals surface area contributed by atoms with E-state index in [2.05, 4.69) is 0 Å². The minimum absolute atomic E-state index is 0.322. The number of hydrogen-bond donors (Lipinski definition) is 2. The van der Waals surface area contributed by atoms with Crippen molar-refractivity contribution in [3.63, 3.8) is 0 Å². The van der Waals surface area contributed by atoms with E-state index in [0.29, 0.717) is 11.5 Å². The van der Waals surface area contributed by atoms with Crippen molar-refractivity contribution >= 4 is 0 Å². The molecule has 0 radical (unpaired) electrons. The van der Waals surface area contributed by atoms with E-state index in [1.54, 1.807) is 55.6 Å². The van der Waals surface area contributed by atoms with Gasteiger partial charge >= 0.3 is 0 Å². The van der Waals surface area contributed by atoms with Crippen molar-refractivity contribution in [2.75, 3.05) is 7.11 Å². The highest BCUT2D eigenvalue weighted by atomic mass is 16.5. The molecule has 0 heterocycles. The first kappa shape index (κ1) is 17.1. The average molecular weight is 296 g/mol. The normalized spacial score (nSPS) is 8.59. The summed E-state index contributed by atoms with van der Waals surface area (Å²) in [5.41, 5.74) is 0. The van der Waals surface area contributed by atoms with Crippen molar-refractivity contribution in [2.24, 2.45) is 0 Å². The van der Waals surface area contributed by atoms with Crippen molar-refractivity contribution in [2.45, 2.75) is 0 Å². The third-order valence-corrected chi connectivity index (χ3v) is 2.49. The zero-order chi connectivity index (χ0) is 16.0. The summed E-state index contributed by atoms with van der Waals surface area (Å²) in [6.07, 6.45) is 0. The van der Waals surface area contributed by atoms with Gasteiger partial charge in [0.2, 0.25) is 0 Å². The second-order valence-electron chi connectivity index (χ2n) is 4.19. The van der Waals surface area contributed by atoms with Crippen LogP contribution in [-0.2, 0) is 0 Å². The summed E-state index contributed by atoms with van der Waals surface area (Å²) in [6, 6.07) is 27.1. The minimum atomic E-state index is 0.322. The van der Waals surface area contributed by atoms with Gasteiger partial charge in [-0.1, -0.05) is 54.6 Å². The maximum atomic E-state index is 8.63. The highest BCUT2D eigenvalue weighted by molar-refractivity contribution is 5.20. The summed E-state index contributed by atoms with van der Waals surface area (Å²) in [6.45, 7) is 0. The van der Waals surface area contributed by atoms with Crippen LogP contribution in [-0.4, -0.2) is 17.3 Å². The van der Waals surface area contributed by atoms with Crippen molar-refractivity contribution in [1.29, 1.82) is 0 Å². The number of ether oxygens (including phenoxy) is 1. The first-order chi connectivity index (χ1) is 10.7. The molecule has 0 aliphatic carbocycles. The summed E-state index contributed by atoms with van der Waals surface area (Å²) >= 11 is 0.